The van der Waals surface area contributed by atoms with Crippen LogP contribution in [0, 0.1) is 0 Å². The van der Waals surface area contributed by atoms with Crippen LogP contribution < -0.4 is 0 Å². The van der Waals surface area contributed by atoms with Crippen molar-refractivity contribution in [1.29, 1.82) is 0 Å². The molecule has 0 saturated carbocycles. The summed E-state index contributed by atoms with van der Waals surface area (Å²) in [6, 6.07) is 0. The van der Waals surface area contributed by atoms with E-state index in [9.17, 15) is 0 Å². The second-order valence-electron chi connectivity index (χ2n) is 8.45. The van der Waals surface area contributed by atoms with E-state index in [1.807, 2.05) is 0 Å². The minimum absolute atomic E-state index is 0.539. The van der Waals surface area contributed by atoms with Crippen LogP contribution in [0.15, 0.2) is 23.0 Å². The Bertz CT molecular complexity index is 492. The lowest BCUT2D eigenvalue weighted by molar-refractivity contribution is -0.226. The predicted octanol–water partition coefficient (Wildman–Crippen LogP) is 7.46. The highest BCUT2D eigenvalue weighted by Crippen LogP contribution is 2.27. The lowest BCUT2D eigenvalue weighted by Gasteiger charge is -2.29. The van der Waals surface area contributed by atoms with E-state index in [1.54, 1.807) is 14.2 Å². The summed E-state index contributed by atoms with van der Waals surface area (Å²) in [6.07, 6.45) is 7.49. The van der Waals surface area contributed by atoms with Gasteiger partial charge >= 0.3 is 0 Å². The normalized spacial score (nSPS) is 14.6. The van der Waals surface area contributed by atoms with E-state index < -0.39 is 12.6 Å². The molecule has 0 spiro atoms. The van der Waals surface area contributed by atoms with E-state index in [1.165, 1.54) is 0 Å². The Kier molecular flexibility index (Phi) is 22.0. The molecule has 0 aliphatic rings. The molecule has 7 heteroatoms. The van der Waals surface area contributed by atoms with Crippen LogP contribution in [-0.2, 0) is 33.2 Å². The fraction of sp³-hybridized carbons (Fsp3) is 0.857. The average molecular weight is 503 g/mol. The Morgan fingerprint density at radius 3 is 1.11 bits per heavy atom. The highest BCUT2D eigenvalue weighted by atomic mass is 16.8. The number of allylic oxidation sites excluding steroid dienone is 2. The molecule has 0 aliphatic carbocycles. The fourth-order valence-electron chi connectivity index (χ4n) is 3.20. The number of hydrogen-bond donors (Lipinski definition) is 0. The van der Waals surface area contributed by atoms with Gasteiger partial charge in [0.15, 0.2) is 11.5 Å². The van der Waals surface area contributed by atoms with Crippen LogP contribution in [-0.4, -0.2) is 53.2 Å². The maximum Gasteiger partial charge on any atom is 0.222 e. The second-order valence-corrected chi connectivity index (χ2v) is 8.45. The van der Waals surface area contributed by atoms with Gasteiger partial charge in [-0.1, -0.05) is 54.4 Å². The van der Waals surface area contributed by atoms with Crippen LogP contribution in [0.25, 0.3) is 0 Å². The predicted molar refractivity (Wildman–Crippen MR) is 141 cm³/mol. The summed E-state index contributed by atoms with van der Waals surface area (Å²) in [5, 5.41) is 0. The molecule has 0 rings (SSSR count). The zero-order valence-electron chi connectivity index (χ0n) is 23.9. The van der Waals surface area contributed by atoms with E-state index >= 15 is 0 Å². The van der Waals surface area contributed by atoms with Gasteiger partial charge in [-0.05, 0) is 38.5 Å². The Morgan fingerprint density at radius 1 is 0.486 bits per heavy atom. The lowest BCUT2D eigenvalue weighted by Crippen LogP contribution is -2.32. The molecule has 0 fully saturated rings. The number of hydrogen-bond acceptors (Lipinski definition) is 7. The summed E-state index contributed by atoms with van der Waals surface area (Å²) < 4.78 is 42.5. The van der Waals surface area contributed by atoms with Crippen LogP contribution in [0.3, 0.4) is 0 Å². The van der Waals surface area contributed by atoms with Crippen molar-refractivity contribution in [3.8, 4) is 0 Å². The topological polar surface area (TPSA) is 64.6 Å². The maximum absolute atomic E-state index is 6.38. The van der Waals surface area contributed by atoms with E-state index in [-0.39, 0.29) is 0 Å². The second kappa shape index (κ2) is 23.0. The summed E-state index contributed by atoms with van der Waals surface area (Å²) in [5.74, 6) is 2.69. The average Bonchev–Trinajstić information content (AvgIpc) is 2.88. The summed E-state index contributed by atoms with van der Waals surface area (Å²) >= 11 is 0. The lowest BCUT2D eigenvalue weighted by atomic mass is 10.2. The van der Waals surface area contributed by atoms with Crippen LogP contribution in [0.5, 0.6) is 0 Å². The van der Waals surface area contributed by atoms with Gasteiger partial charge in [0.25, 0.3) is 0 Å². The Morgan fingerprint density at radius 2 is 0.829 bits per heavy atom. The molecule has 7 nitrogen and oxygen atoms in total. The third kappa shape index (κ3) is 14.0. The van der Waals surface area contributed by atoms with E-state index in [0.29, 0.717) is 37.9 Å². The maximum atomic E-state index is 6.38. The smallest absolute Gasteiger partial charge is 0.222 e. The molecule has 0 aromatic carbocycles. The highest BCUT2D eigenvalue weighted by molar-refractivity contribution is 5.09. The molecule has 0 amide bonds. The van der Waals surface area contributed by atoms with Gasteiger partial charge in [-0.15, -0.1) is 0 Å². The number of unbranched alkanes of at least 4 members (excludes halogenated alkanes) is 2. The van der Waals surface area contributed by atoms with Gasteiger partial charge in [-0.3, -0.25) is 0 Å². The van der Waals surface area contributed by atoms with E-state index in [2.05, 4.69) is 41.5 Å². The van der Waals surface area contributed by atoms with Crippen molar-refractivity contribution in [1.82, 2.24) is 0 Å². The molecule has 0 bridgehead atoms. The molecule has 0 aliphatic heterocycles. The van der Waals surface area contributed by atoms with Crippen LogP contribution in [0.1, 0.15) is 106 Å². The van der Waals surface area contributed by atoms with Crippen LogP contribution in [0.2, 0.25) is 0 Å². The third-order valence-corrected chi connectivity index (χ3v) is 5.05. The van der Waals surface area contributed by atoms with Crippen molar-refractivity contribution in [2.45, 2.75) is 118 Å². The summed E-state index contributed by atoms with van der Waals surface area (Å²) in [4.78, 5) is 0. The number of methoxy groups -OCH3 is 2. The fourth-order valence-corrected chi connectivity index (χ4v) is 3.20. The molecule has 2 unspecified atom stereocenters. The monoisotopic (exact) mass is 502 g/mol. The molecular weight excluding hydrogens is 448 g/mol. The largest absolute Gasteiger partial charge is 0.494 e. The zero-order valence-corrected chi connectivity index (χ0v) is 23.9. The first-order valence-electron chi connectivity index (χ1n) is 13.8. The summed E-state index contributed by atoms with van der Waals surface area (Å²) in [7, 11) is 3.21. The zero-order chi connectivity index (χ0) is 26.3. The van der Waals surface area contributed by atoms with Crippen molar-refractivity contribution < 1.29 is 33.2 Å². The van der Waals surface area contributed by atoms with E-state index in [0.717, 1.165) is 75.7 Å². The molecule has 208 valence electrons. The summed E-state index contributed by atoms with van der Waals surface area (Å²) in [6.45, 7) is 14.9. The molecule has 0 radical (unpaired) electrons. The SMILES string of the molecule is CCCCC(OCCC)=C(OCCC)C(OC)OC(OC)C(OCCC)=C(CCCC)OCCC. The van der Waals surface area contributed by atoms with Crippen molar-refractivity contribution in [2.75, 3.05) is 40.6 Å². The molecular formula is C28H54O7. The van der Waals surface area contributed by atoms with Gasteiger partial charge in [0, 0.05) is 27.1 Å². The van der Waals surface area contributed by atoms with Gasteiger partial charge in [0.2, 0.25) is 12.6 Å². The Hall–Kier alpha value is -1.44. The van der Waals surface area contributed by atoms with E-state index in [4.69, 9.17) is 33.2 Å². The Labute approximate surface area is 215 Å². The molecule has 0 saturated heterocycles. The van der Waals surface area contributed by atoms with Gasteiger partial charge in [0.1, 0.15) is 11.5 Å². The molecule has 35 heavy (non-hydrogen) atoms. The quantitative estimate of drug-likeness (QED) is 0.100. The highest BCUT2D eigenvalue weighted by Gasteiger charge is 2.30. The molecule has 0 N–H and O–H groups in total. The first kappa shape index (κ1) is 33.6. The summed E-state index contributed by atoms with van der Waals surface area (Å²) in [5.41, 5.74) is 0. The van der Waals surface area contributed by atoms with Crippen LogP contribution >= 0.6 is 0 Å². The molecule has 0 aromatic heterocycles. The first-order valence-corrected chi connectivity index (χ1v) is 13.8. The van der Waals surface area contributed by atoms with Crippen molar-refractivity contribution in [3.05, 3.63) is 23.0 Å². The van der Waals surface area contributed by atoms with Crippen molar-refractivity contribution in [2.24, 2.45) is 0 Å². The number of rotatable bonds is 24. The molecule has 0 aromatic rings. The molecule has 2 atom stereocenters. The minimum Gasteiger partial charge on any atom is -0.494 e. The number of ether oxygens (including phenoxy) is 7. The standard InChI is InChI=1S/C28H54O7/c1-9-15-17-23(31-19-11-3)25(33-21-13-5)27(29-7)35-28(30-8)26(34-22-14-6)24(18-16-10-2)32-20-12-4/h27-28H,9-22H2,1-8H3. The van der Waals surface area contributed by atoms with Gasteiger partial charge in [0.05, 0.1) is 26.4 Å². The molecule has 0 heterocycles. The van der Waals surface area contributed by atoms with Crippen molar-refractivity contribution in [3.63, 3.8) is 0 Å². The van der Waals surface area contributed by atoms with Gasteiger partial charge in [-0.2, -0.15) is 0 Å². The van der Waals surface area contributed by atoms with Gasteiger partial charge < -0.3 is 33.2 Å². The third-order valence-electron chi connectivity index (χ3n) is 5.05. The minimum atomic E-state index is -0.811. The first-order chi connectivity index (χ1) is 17.1. The van der Waals surface area contributed by atoms with Gasteiger partial charge in [-0.25, -0.2) is 0 Å². The Balaban J connectivity index is 6.28. The van der Waals surface area contributed by atoms with Crippen molar-refractivity contribution >= 4 is 0 Å². The van der Waals surface area contributed by atoms with Crippen LogP contribution in [0.4, 0.5) is 0 Å².